The fourth-order valence-electron chi connectivity index (χ4n) is 1.98. The van der Waals surface area contributed by atoms with Crippen molar-refractivity contribution in [3.8, 4) is 0 Å². The van der Waals surface area contributed by atoms with E-state index < -0.39 is 15.5 Å². The second kappa shape index (κ2) is 6.30. The molecule has 4 heteroatoms. The predicted molar refractivity (Wildman–Crippen MR) is 74.0 cm³/mol. The molecule has 0 spiro atoms. The van der Waals surface area contributed by atoms with Crippen LogP contribution < -0.4 is 0 Å². The minimum absolute atomic E-state index is 0.182. The minimum Gasteiger partial charge on any atom is -0.292 e. The standard InChI is InChI=1S/C14H15ClO2S/c15-14(13(16)11-7-3-1-4-8-11)18(17)12-9-5-2-6-10-12/h2,5-7,9-10,14H,1,3-4,8H2. The van der Waals surface area contributed by atoms with Gasteiger partial charge >= 0.3 is 0 Å². The Labute approximate surface area is 114 Å². The lowest BCUT2D eigenvalue weighted by Crippen LogP contribution is -2.22. The molecule has 2 unspecified atom stereocenters. The van der Waals surface area contributed by atoms with E-state index in [4.69, 9.17) is 11.6 Å². The first-order valence-electron chi connectivity index (χ1n) is 6.03. The number of hydrogen-bond acceptors (Lipinski definition) is 2. The van der Waals surface area contributed by atoms with Crippen LogP contribution in [0.2, 0.25) is 0 Å². The molecule has 0 N–H and O–H groups in total. The summed E-state index contributed by atoms with van der Waals surface area (Å²) >= 11 is 6.06. The zero-order valence-electron chi connectivity index (χ0n) is 9.97. The molecule has 18 heavy (non-hydrogen) atoms. The van der Waals surface area contributed by atoms with Gasteiger partial charge in [0.2, 0.25) is 0 Å². The summed E-state index contributed by atoms with van der Waals surface area (Å²) in [6.45, 7) is 0. The van der Waals surface area contributed by atoms with Gasteiger partial charge in [0, 0.05) is 4.90 Å². The quantitative estimate of drug-likeness (QED) is 0.793. The summed E-state index contributed by atoms with van der Waals surface area (Å²) in [4.78, 5) is 12.7. The third-order valence-electron chi connectivity index (χ3n) is 2.98. The largest absolute Gasteiger partial charge is 0.292 e. The highest BCUT2D eigenvalue weighted by atomic mass is 35.5. The Morgan fingerprint density at radius 1 is 1.22 bits per heavy atom. The van der Waals surface area contributed by atoms with E-state index in [1.807, 2.05) is 12.1 Å². The molecule has 1 aliphatic rings. The van der Waals surface area contributed by atoms with Crippen LogP contribution in [-0.4, -0.2) is 14.7 Å². The molecule has 96 valence electrons. The molecule has 2 nitrogen and oxygen atoms in total. The zero-order valence-corrected chi connectivity index (χ0v) is 11.5. The Morgan fingerprint density at radius 2 is 1.94 bits per heavy atom. The normalized spacial score (nSPS) is 18.8. The van der Waals surface area contributed by atoms with E-state index in [2.05, 4.69) is 0 Å². The Kier molecular flexibility index (Phi) is 4.72. The summed E-state index contributed by atoms with van der Waals surface area (Å²) in [6, 6.07) is 8.89. The van der Waals surface area contributed by atoms with Crippen LogP contribution in [0.1, 0.15) is 25.7 Å². The number of alkyl halides is 1. The van der Waals surface area contributed by atoms with Crippen molar-refractivity contribution in [3.63, 3.8) is 0 Å². The van der Waals surface area contributed by atoms with Crippen molar-refractivity contribution in [1.29, 1.82) is 0 Å². The summed E-state index contributed by atoms with van der Waals surface area (Å²) in [7, 11) is -1.48. The molecule has 1 aliphatic carbocycles. The fourth-order valence-corrected chi connectivity index (χ4v) is 3.44. The summed E-state index contributed by atoms with van der Waals surface area (Å²) < 4.78 is 11.2. The number of hydrogen-bond donors (Lipinski definition) is 0. The molecule has 2 rings (SSSR count). The number of Topliss-reactive ketones (excluding diaryl/α,β-unsaturated/α-hetero) is 1. The number of carbonyl (C=O) groups is 1. The van der Waals surface area contributed by atoms with Crippen LogP contribution in [-0.2, 0) is 15.6 Å². The molecule has 0 saturated carbocycles. The Morgan fingerprint density at radius 3 is 2.56 bits per heavy atom. The summed E-state index contributed by atoms with van der Waals surface area (Å²) in [6.07, 6.45) is 5.74. The van der Waals surface area contributed by atoms with Crippen molar-refractivity contribution in [1.82, 2.24) is 0 Å². The lowest BCUT2D eigenvalue weighted by Gasteiger charge is -2.14. The molecular formula is C14H15ClO2S. The molecule has 0 fully saturated rings. The van der Waals surface area contributed by atoms with Crippen molar-refractivity contribution in [2.24, 2.45) is 0 Å². The first kappa shape index (κ1) is 13.5. The number of halogens is 1. The van der Waals surface area contributed by atoms with Crippen molar-refractivity contribution in [2.75, 3.05) is 0 Å². The van der Waals surface area contributed by atoms with Gasteiger partial charge in [-0.2, -0.15) is 0 Å². The van der Waals surface area contributed by atoms with E-state index in [-0.39, 0.29) is 5.78 Å². The average molecular weight is 283 g/mol. The molecular weight excluding hydrogens is 268 g/mol. The van der Waals surface area contributed by atoms with Gasteiger partial charge in [-0.1, -0.05) is 35.9 Å². The molecule has 1 aromatic carbocycles. The second-order valence-electron chi connectivity index (χ2n) is 4.27. The SMILES string of the molecule is O=C(C1=CCCCC1)C(Cl)S(=O)c1ccccc1. The summed E-state index contributed by atoms with van der Waals surface area (Å²) in [5.41, 5.74) is 0.741. The van der Waals surface area contributed by atoms with Crippen LogP contribution >= 0.6 is 11.6 Å². The van der Waals surface area contributed by atoms with E-state index >= 15 is 0 Å². The van der Waals surface area contributed by atoms with E-state index in [9.17, 15) is 9.00 Å². The maximum absolute atomic E-state index is 12.2. The number of carbonyl (C=O) groups excluding carboxylic acids is 1. The van der Waals surface area contributed by atoms with Gasteiger partial charge in [-0.05, 0) is 43.4 Å². The van der Waals surface area contributed by atoms with Gasteiger partial charge in [-0.3, -0.25) is 9.00 Å². The molecule has 0 aliphatic heterocycles. The fraction of sp³-hybridized carbons (Fsp3) is 0.357. The number of rotatable bonds is 4. The van der Waals surface area contributed by atoms with Crippen LogP contribution in [0.4, 0.5) is 0 Å². The molecule has 0 aromatic heterocycles. The van der Waals surface area contributed by atoms with Crippen LogP contribution in [0.25, 0.3) is 0 Å². The molecule has 1 aromatic rings. The highest BCUT2D eigenvalue weighted by Gasteiger charge is 2.26. The van der Waals surface area contributed by atoms with Crippen molar-refractivity contribution >= 4 is 28.2 Å². The van der Waals surface area contributed by atoms with Crippen LogP contribution in [0.15, 0.2) is 46.9 Å². The first-order chi connectivity index (χ1) is 8.70. The van der Waals surface area contributed by atoms with Gasteiger partial charge < -0.3 is 0 Å². The van der Waals surface area contributed by atoms with Gasteiger partial charge in [0.1, 0.15) is 0 Å². The van der Waals surface area contributed by atoms with Gasteiger partial charge in [-0.25, -0.2) is 0 Å². The molecule has 0 heterocycles. The summed E-state index contributed by atoms with van der Waals surface area (Å²) in [5, 5.41) is 0. The van der Waals surface area contributed by atoms with E-state index in [1.165, 1.54) is 0 Å². The third-order valence-corrected chi connectivity index (χ3v) is 4.99. The molecule has 2 atom stereocenters. The maximum atomic E-state index is 12.2. The molecule has 0 bridgehead atoms. The summed E-state index contributed by atoms with van der Waals surface area (Å²) in [5.74, 6) is -0.182. The smallest absolute Gasteiger partial charge is 0.189 e. The number of allylic oxidation sites excluding steroid dienone is 2. The van der Waals surface area contributed by atoms with Crippen LogP contribution in [0.5, 0.6) is 0 Å². The van der Waals surface area contributed by atoms with Crippen molar-refractivity contribution < 1.29 is 9.00 Å². The number of ketones is 1. The monoisotopic (exact) mass is 282 g/mol. The van der Waals surface area contributed by atoms with Gasteiger partial charge in [-0.15, -0.1) is 0 Å². The maximum Gasteiger partial charge on any atom is 0.189 e. The predicted octanol–water partition coefficient (Wildman–Crippen LogP) is 3.43. The average Bonchev–Trinajstić information content (AvgIpc) is 2.47. The highest BCUT2D eigenvalue weighted by Crippen LogP contribution is 2.24. The van der Waals surface area contributed by atoms with Crippen LogP contribution in [0.3, 0.4) is 0 Å². The Hall–Kier alpha value is -0.930. The van der Waals surface area contributed by atoms with Crippen molar-refractivity contribution in [2.45, 2.75) is 35.3 Å². The second-order valence-corrected chi connectivity index (χ2v) is 6.50. The topological polar surface area (TPSA) is 34.1 Å². The van der Waals surface area contributed by atoms with E-state index in [0.717, 1.165) is 31.3 Å². The van der Waals surface area contributed by atoms with Gasteiger partial charge in [0.05, 0.1) is 10.8 Å². The first-order valence-corrected chi connectivity index (χ1v) is 7.68. The number of benzene rings is 1. The van der Waals surface area contributed by atoms with E-state index in [1.54, 1.807) is 24.3 Å². The molecule has 0 saturated heterocycles. The minimum atomic E-state index is -1.48. The van der Waals surface area contributed by atoms with Gasteiger partial charge in [0.15, 0.2) is 10.5 Å². The van der Waals surface area contributed by atoms with Gasteiger partial charge in [0.25, 0.3) is 0 Å². The lowest BCUT2D eigenvalue weighted by atomic mass is 9.97. The Balaban J connectivity index is 2.11. The van der Waals surface area contributed by atoms with Crippen molar-refractivity contribution in [3.05, 3.63) is 42.0 Å². The lowest BCUT2D eigenvalue weighted by molar-refractivity contribution is -0.114. The molecule has 0 radical (unpaired) electrons. The zero-order chi connectivity index (χ0) is 13.0. The third kappa shape index (κ3) is 3.09. The molecule has 0 amide bonds. The Bertz CT molecular complexity index is 482. The highest BCUT2D eigenvalue weighted by molar-refractivity contribution is 7.88. The van der Waals surface area contributed by atoms with Crippen LogP contribution in [0, 0.1) is 0 Å². The van der Waals surface area contributed by atoms with E-state index in [0.29, 0.717) is 4.90 Å².